The fourth-order valence-electron chi connectivity index (χ4n) is 2.30. The summed E-state index contributed by atoms with van der Waals surface area (Å²) in [7, 11) is 1.79. The maximum atomic E-state index is 5.68. The molecule has 2 N–H and O–H groups in total. The zero-order chi connectivity index (χ0) is 16.9. The molecule has 0 aliphatic rings. The Bertz CT molecular complexity index is 590. The molecule has 0 bridgehead atoms. The highest BCUT2D eigenvalue weighted by molar-refractivity contribution is 14.0. The lowest BCUT2D eigenvalue weighted by Crippen LogP contribution is -2.37. The molecule has 2 aromatic carbocycles. The Kier molecular flexibility index (Phi) is 11.7. The second kappa shape index (κ2) is 13.7. The van der Waals surface area contributed by atoms with Crippen LogP contribution in [0.4, 0.5) is 0 Å². The highest BCUT2D eigenvalue weighted by Gasteiger charge is 1.98. The SMILES string of the molecule is CN=C(NCCCCOCc1ccccc1)NCc1ccccc1.I. The number of guanidine groups is 1. The van der Waals surface area contributed by atoms with Crippen molar-refractivity contribution in [3.05, 3.63) is 71.8 Å². The molecule has 0 fully saturated rings. The number of benzene rings is 2. The maximum Gasteiger partial charge on any atom is 0.191 e. The van der Waals surface area contributed by atoms with Gasteiger partial charge in [0, 0.05) is 26.7 Å². The topological polar surface area (TPSA) is 45.7 Å². The smallest absolute Gasteiger partial charge is 0.191 e. The minimum atomic E-state index is 0. The Morgan fingerprint density at radius 1 is 0.880 bits per heavy atom. The molecule has 0 spiro atoms. The van der Waals surface area contributed by atoms with E-state index >= 15 is 0 Å². The number of ether oxygens (including phenoxy) is 1. The van der Waals surface area contributed by atoms with Gasteiger partial charge in [0.25, 0.3) is 0 Å². The van der Waals surface area contributed by atoms with Crippen molar-refractivity contribution < 1.29 is 4.74 Å². The monoisotopic (exact) mass is 453 g/mol. The number of nitrogens with one attached hydrogen (secondary N) is 2. The number of hydrogen-bond acceptors (Lipinski definition) is 2. The average Bonchev–Trinajstić information content (AvgIpc) is 2.65. The summed E-state index contributed by atoms with van der Waals surface area (Å²) in [5.74, 6) is 0.837. The van der Waals surface area contributed by atoms with E-state index in [0.717, 1.165) is 38.5 Å². The first-order chi connectivity index (χ1) is 11.9. The number of hydrogen-bond donors (Lipinski definition) is 2. The van der Waals surface area contributed by atoms with Gasteiger partial charge in [-0.15, -0.1) is 24.0 Å². The minimum Gasteiger partial charge on any atom is -0.377 e. The molecule has 2 rings (SSSR count). The molecule has 0 atom stereocenters. The predicted octanol–water partition coefficient (Wildman–Crippen LogP) is 3.97. The van der Waals surface area contributed by atoms with Crippen LogP contribution in [-0.4, -0.2) is 26.2 Å². The number of aliphatic imine (C=N–C) groups is 1. The molecule has 0 radical (unpaired) electrons. The predicted molar refractivity (Wildman–Crippen MR) is 115 cm³/mol. The molecule has 0 unspecified atom stereocenters. The molecule has 0 aliphatic carbocycles. The van der Waals surface area contributed by atoms with Gasteiger partial charge in [-0.1, -0.05) is 60.7 Å². The number of nitrogens with zero attached hydrogens (tertiary/aromatic N) is 1. The van der Waals surface area contributed by atoms with Gasteiger partial charge in [0.1, 0.15) is 0 Å². The van der Waals surface area contributed by atoms with Crippen molar-refractivity contribution in [2.75, 3.05) is 20.2 Å². The first kappa shape index (κ1) is 21.4. The molecule has 0 aliphatic heterocycles. The molecule has 25 heavy (non-hydrogen) atoms. The van der Waals surface area contributed by atoms with Gasteiger partial charge in [-0.3, -0.25) is 4.99 Å². The second-order valence-electron chi connectivity index (χ2n) is 5.58. The summed E-state index contributed by atoms with van der Waals surface area (Å²) >= 11 is 0. The Labute approximate surface area is 168 Å². The van der Waals surface area contributed by atoms with E-state index in [2.05, 4.69) is 39.9 Å². The third kappa shape index (κ3) is 9.45. The van der Waals surface area contributed by atoms with Crippen LogP contribution < -0.4 is 10.6 Å². The Hall–Kier alpha value is -1.60. The molecule has 4 nitrogen and oxygen atoms in total. The Morgan fingerprint density at radius 3 is 2.16 bits per heavy atom. The first-order valence-electron chi connectivity index (χ1n) is 8.48. The molecule has 0 amide bonds. The van der Waals surface area contributed by atoms with Gasteiger partial charge in [0.2, 0.25) is 0 Å². The minimum absolute atomic E-state index is 0. The van der Waals surface area contributed by atoms with E-state index < -0.39 is 0 Å². The summed E-state index contributed by atoms with van der Waals surface area (Å²) in [5, 5.41) is 6.65. The Morgan fingerprint density at radius 2 is 1.52 bits per heavy atom. The van der Waals surface area contributed by atoms with Crippen LogP contribution in [-0.2, 0) is 17.9 Å². The van der Waals surface area contributed by atoms with Crippen LogP contribution in [0.25, 0.3) is 0 Å². The lowest BCUT2D eigenvalue weighted by Gasteiger charge is -2.12. The molecular weight excluding hydrogens is 425 g/mol. The highest BCUT2D eigenvalue weighted by atomic mass is 127. The lowest BCUT2D eigenvalue weighted by atomic mass is 10.2. The van der Waals surface area contributed by atoms with Gasteiger partial charge in [-0.05, 0) is 24.0 Å². The zero-order valence-corrected chi connectivity index (χ0v) is 17.1. The van der Waals surface area contributed by atoms with Crippen molar-refractivity contribution in [2.45, 2.75) is 26.0 Å². The van der Waals surface area contributed by atoms with Crippen molar-refractivity contribution >= 4 is 29.9 Å². The normalized spacial score (nSPS) is 10.8. The fourth-order valence-corrected chi connectivity index (χ4v) is 2.30. The zero-order valence-electron chi connectivity index (χ0n) is 14.8. The molecule has 0 heterocycles. The molecule has 0 saturated heterocycles. The summed E-state index contributed by atoms with van der Waals surface area (Å²) in [6.07, 6.45) is 2.09. The van der Waals surface area contributed by atoms with Crippen molar-refractivity contribution in [3.8, 4) is 0 Å². The van der Waals surface area contributed by atoms with Crippen LogP contribution in [0.5, 0.6) is 0 Å². The van der Waals surface area contributed by atoms with Crippen molar-refractivity contribution in [1.29, 1.82) is 0 Å². The van der Waals surface area contributed by atoms with Gasteiger partial charge in [-0.25, -0.2) is 0 Å². The van der Waals surface area contributed by atoms with Crippen LogP contribution in [0.2, 0.25) is 0 Å². The highest BCUT2D eigenvalue weighted by Crippen LogP contribution is 2.01. The van der Waals surface area contributed by atoms with E-state index in [4.69, 9.17) is 4.74 Å². The average molecular weight is 453 g/mol. The summed E-state index contributed by atoms with van der Waals surface area (Å²) in [6.45, 7) is 3.14. The van der Waals surface area contributed by atoms with Gasteiger partial charge in [0.15, 0.2) is 5.96 Å². The Balaban J connectivity index is 0.00000312. The molecule has 136 valence electrons. The summed E-state index contributed by atoms with van der Waals surface area (Å²) in [5.41, 5.74) is 2.47. The van der Waals surface area contributed by atoms with Gasteiger partial charge in [-0.2, -0.15) is 0 Å². The molecule has 5 heteroatoms. The summed E-state index contributed by atoms with van der Waals surface area (Å²) < 4.78 is 5.68. The number of unbranched alkanes of at least 4 members (excludes halogenated alkanes) is 1. The molecule has 0 saturated carbocycles. The number of rotatable bonds is 9. The van der Waals surface area contributed by atoms with E-state index in [1.807, 2.05) is 36.4 Å². The van der Waals surface area contributed by atoms with E-state index in [9.17, 15) is 0 Å². The maximum absolute atomic E-state index is 5.68. The van der Waals surface area contributed by atoms with E-state index in [0.29, 0.717) is 6.61 Å². The van der Waals surface area contributed by atoms with Gasteiger partial charge in [0.05, 0.1) is 6.61 Å². The van der Waals surface area contributed by atoms with E-state index in [1.165, 1.54) is 11.1 Å². The van der Waals surface area contributed by atoms with Crippen LogP contribution in [0, 0.1) is 0 Å². The summed E-state index contributed by atoms with van der Waals surface area (Å²) in [6, 6.07) is 20.6. The van der Waals surface area contributed by atoms with Gasteiger partial charge >= 0.3 is 0 Å². The van der Waals surface area contributed by atoms with Crippen LogP contribution in [0.15, 0.2) is 65.7 Å². The molecular formula is C20H28IN3O. The standard InChI is InChI=1S/C20H27N3O.HI/c1-21-20(23-16-18-10-4-2-5-11-18)22-14-8-9-15-24-17-19-12-6-3-7-13-19;/h2-7,10-13H,8-9,14-17H2,1H3,(H2,21,22,23);1H. The third-order valence-corrected chi connectivity index (χ3v) is 3.65. The largest absolute Gasteiger partial charge is 0.377 e. The van der Waals surface area contributed by atoms with Crippen molar-refractivity contribution in [1.82, 2.24) is 10.6 Å². The number of halogens is 1. The third-order valence-electron chi connectivity index (χ3n) is 3.65. The lowest BCUT2D eigenvalue weighted by molar-refractivity contribution is 0.117. The van der Waals surface area contributed by atoms with Crippen molar-refractivity contribution in [3.63, 3.8) is 0 Å². The van der Waals surface area contributed by atoms with E-state index in [-0.39, 0.29) is 24.0 Å². The first-order valence-corrected chi connectivity index (χ1v) is 8.48. The van der Waals surface area contributed by atoms with Crippen LogP contribution >= 0.6 is 24.0 Å². The fraction of sp³-hybridized carbons (Fsp3) is 0.350. The van der Waals surface area contributed by atoms with Crippen molar-refractivity contribution in [2.24, 2.45) is 4.99 Å². The van der Waals surface area contributed by atoms with Crippen LogP contribution in [0.3, 0.4) is 0 Å². The summed E-state index contributed by atoms with van der Waals surface area (Å²) in [4.78, 5) is 4.24. The van der Waals surface area contributed by atoms with Crippen LogP contribution in [0.1, 0.15) is 24.0 Å². The van der Waals surface area contributed by atoms with E-state index in [1.54, 1.807) is 7.05 Å². The second-order valence-corrected chi connectivity index (χ2v) is 5.58. The van der Waals surface area contributed by atoms with Gasteiger partial charge < -0.3 is 15.4 Å². The molecule has 2 aromatic rings. The molecule has 0 aromatic heterocycles. The quantitative estimate of drug-likeness (QED) is 0.262.